The molecule has 2 aliphatic heterocycles. The van der Waals surface area contributed by atoms with Crippen LogP contribution in [0.2, 0.25) is 0 Å². The Kier molecular flexibility index (Phi) is 4.10. The minimum Gasteiger partial charge on any atom is -0.338 e. The van der Waals surface area contributed by atoms with Crippen LogP contribution in [0.4, 0.5) is 0 Å². The number of amides is 1. The Labute approximate surface area is 142 Å². The van der Waals surface area contributed by atoms with Crippen LogP contribution in [0, 0.1) is 11.8 Å². The van der Waals surface area contributed by atoms with Crippen LogP contribution < -0.4 is 5.32 Å². The Bertz CT molecular complexity index is 712. The van der Waals surface area contributed by atoms with Crippen molar-refractivity contribution in [3.8, 4) is 0 Å². The van der Waals surface area contributed by atoms with Gasteiger partial charge in [0, 0.05) is 26.2 Å². The molecule has 4 rings (SSSR count). The Morgan fingerprint density at radius 3 is 2.58 bits per heavy atom. The molecule has 2 aliphatic rings. The lowest BCUT2D eigenvalue weighted by Gasteiger charge is -2.17. The van der Waals surface area contributed by atoms with Crippen molar-refractivity contribution in [1.82, 2.24) is 20.0 Å². The molecule has 2 fully saturated rings. The van der Waals surface area contributed by atoms with Crippen molar-refractivity contribution in [2.24, 2.45) is 11.8 Å². The number of carbonyl (C=O) groups excluding carboxylic acids is 1. The molecule has 1 aromatic heterocycles. The van der Waals surface area contributed by atoms with Crippen molar-refractivity contribution in [2.45, 2.75) is 19.9 Å². The summed E-state index contributed by atoms with van der Waals surface area (Å²) in [6.07, 6.45) is 2.58. The lowest BCUT2D eigenvalue weighted by atomic mass is 10.0. The SMILES string of the molecule is CCc1c(C(=O)N2C[C@H]3CNC[C@H]3C2)cnn1Cc1ccccc1. The second kappa shape index (κ2) is 6.40. The number of hydrogen-bond donors (Lipinski definition) is 1. The van der Waals surface area contributed by atoms with Crippen LogP contribution in [0.3, 0.4) is 0 Å². The van der Waals surface area contributed by atoms with Crippen molar-refractivity contribution in [3.63, 3.8) is 0 Å². The molecule has 0 unspecified atom stereocenters. The number of benzene rings is 1. The minimum absolute atomic E-state index is 0.153. The van der Waals surface area contributed by atoms with E-state index in [1.807, 2.05) is 27.8 Å². The van der Waals surface area contributed by atoms with E-state index in [-0.39, 0.29) is 5.91 Å². The normalized spacial score (nSPS) is 22.8. The van der Waals surface area contributed by atoms with Crippen molar-refractivity contribution >= 4 is 5.91 Å². The number of fused-ring (bicyclic) bond motifs is 1. The van der Waals surface area contributed by atoms with E-state index in [1.165, 1.54) is 5.56 Å². The van der Waals surface area contributed by atoms with Crippen molar-refractivity contribution < 1.29 is 4.79 Å². The second-order valence-corrected chi connectivity index (χ2v) is 6.89. The number of nitrogens with zero attached hydrogens (tertiary/aromatic N) is 3. The largest absolute Gasteiger partial charge is 0.338 e. The molecule has 1 amide bonds. The minimum atomic E-state index is 0.153. The predicted molar refractivity (Wildman–Crippen MR) is 92.9 cm³/mol. The topological polar surface area (TPSA) is 50.2 Å². The lowest BCUT2D eigenvalue weighted by molar-refractivity contribution is 0.0780. The molecule has 0 bridgehead atoms. The first-order valence-corrected chi connectivity index (χ1v) is 8.85. The first-order valence-electron chi connectivity index (χ1n) is 8.85. The highest BCUT2D eigenvalue weighted by Crippen LogP contribution is 2.28. The lowest BCUT2D eigenvalue weighted by Crippen LogP contribution is -2.32. The van der Waals surface area contributed by atoms with Gasteiger partial charge in [0.1, 0.15) is 0 Å². The summed E-state index contributed by atoms with van der Waals surface area (Å²) in [4.78, 5) is 15.0. The molecule has 0 aliphatic carbocycles. The monoisotopic (exact) mass is 324 g/mol. The van der Waals surface area contributed by atoms with Gasteiger partial charge >= 0.3 is 0 Å². The second-order valence-electron chi connectivity index (χ2n) is 6.89. The van der Waals surface area contributed by atoms with Gasteiger partial charge in [-0.3, -0.25) is 9.48 Å². The van der Waals surface area contributed by atoms with Gasteiger partial charge in [0.05, 0.1) is 24.0 Å². The number of rotatable bonds is 4. The highest BCUT2D eigenvalue weighted by molar-refractivity contribution is 5.95. The molecule has 24 heavy (non-hydrogen) atoms. The summed E-state index contributed by atoms with van der Waals surface area (Å²) in [6, 6.07) is 10.3. The maximum absolute atomic E-state index is 13.0. The van der Waals surface area contributed by atoms with Crippen molar-refractivity contribution in [3.05, 3.63) is 53.3 Å². The van der Waals surface area contributed by atoms with E-state index in [0.29, 0.717) is 18.4 Å². The molecule has 0 radical (unpaired) electrons. The maximum atomic E-state index is 13.0. The smallest absolute Gasteiger partial charge is 0.257 e. The van der Waals surface area contributed by atoms with Gasteiger partial charge in [-0.25, -0.2) is 0 Å². The van der Waals surface area contributed by atoms with Gasteiger partial charge in [0.2, 0.25) is 0 Å². The molecule has 2 saturated heterocycles. The number of carbonyl (C=O) groups is 1. The van der Waals surface area contributed by atoms with E-state index in [2.05, 4.69) is 29.5 Å². The van der Waals surface area contributed by atoms with Gasteiger partial charge < -0.3 is 10.2 Å². The molecule has 1 aromatic carbocycles. The van der Waals surface area contributed by atoms with Gasteiger partial charge in [0.15, 0.2) is 0 Å². The number of aromatic nitrogens is 2. The van der Waals surface area contributed by atoms with Gasteiger partial charge in [-0.2, -0.15) is 5.10 Å². The molecule has 0 spiro atoms. The summed E-state index contributed by atoms with van der Waals surface area (Å²) in [5, 5.41) is 7.93. The zero-order valence-corrected chi connectivity index (χ0v) is 14.1. The van der Waals surface area contributed by atoms with Crippen molar-refractivity contribution in [1.29, 1.82) is 0 Å². The Balaban J connectivity index is 1.54. The van der Waals surface area contributed by atoms with E-state index >= 15 is 0 Å². The van der Waals surface area contributed by atoms with Gasteiger partial charge in [-0.1, -0.05) is 37.3 Å². The molecular formula is C19H24N4O. The fraction of sp³-hybridized carbons (Fsp3) is 0.474. The fourth-order valence-electron chi connectivity index (χ4n) is 4.05. The third-order valence-electron chi connectivity index (χ3n) is 5.37. The Hall–Kier alpha value is -2.14. The van der Waals surface area contributed by atoms with E-state index in [1.54, 1.807) is 6.20 Å². The highest BCUT2D eigenvalue weighted by atomic mass is 16.2. The van der Waals surface area contributed by atoms with Crippen LogP contribution in [0.1, 0.15) is 28.5 Å². The van der Waals surface area contributed by atoms with Gasteiger partial charge in [0.25, 0.3) is 5.91 Å². The quantitative estimate of drug-likeness (QED) is 0.933. The molecule has 2 aromatic rings. The maximum Gasteiger partial charge on any atom is 0.257 e. The third-order valence-corrected chi connectivity index (χ3v) is 5.37. The van der Waals surface area contributed by atoms with E-state index in [0.717, 1.165) is 43.9 Å². The fourth-order valence-corrected chi connectivity index (χ4v) is 4.05. The van der Waals surface area contributed by atoms with E-state index in [4.69, 9.17) is 0 Å². The summed E-state index contributed by atoms with van der Waals surface area (Å²) in [7, 11) is 0. The van der Waals surface area contributed by atoms with Crippen LogP contribution in [-0.2, 0) is 13.0 Å². The predicted octanol–water partition coefficient (Wildman–Crippen LogP) is 1.79. The molecule has 2 atom stereocenters. The summed E-state index contributed by atoms with van der Waals surface area (Å²) in [5.41, 5.74) is 3.02. The summed E-state index contributed by atoms with van der Waals surface area (Å²) < 4.78 is 1.97. The average Bonchev–Trinajstić information content (AvgIpc) is 3.29. The average molecular weight is 324 g/mol. The first-order chi connectivity index (χ1) is 11.8. The number of nitrogens with one attached hydrogen (secondary N) is 1. The Morgan fingerprint density at radius 1 is 1.21 bits per heavy atom. The molecule has 1 N–H and O–H groups in total. The number of hydrogen-bond acceptors (Lipinski definition) is 3. The summed E-state index contributed by atoms with van der Waals surface area (Å²) >= 11 is 0. The molecule has 5 nitrogen and oxygen atoms in total. The summed E-state index contributed by atoms with van der Waals surface area (Å²) in [6.45, 7) is 6.65. The van der Waals surface area contributed by atoms with Crippen LogP contribution in [-0.4, -0.2) is 46.8 Å². The molecular weight excluding hydrogens is 300 g/mol. The molecule has 126 valence electrons. The van der Waals surface area contributed by atoms with Crippen LogP contribution >= 0.6 is 0 Å². The highest BCUT2D eigenvalue weighted by Gasteiger charge is 2.39. The van der Waals surface area contributed by atoms with Gasteiger partial charge in [-0.05, 0) is 23.8 Å². The summed E-state index contributed by atoms with van der Waals surface area (Å²) in [5.74, 6) is 1.40. The zero-order valence-electron chi connectivity index (χ0n) is 14.1. The first kappa shape index (κ1) is 15.4. The molecule has 3 heterocycles. The third kappa shape index (κ3) is 2.73. The molecule has 0 saturated carbocycles. The van der Waals surface area contributed by atoms with Gasteiger partial charge in [-0.15, -0.1) is 0 Å². The van der Waals surface area contributed by atoms with E-state index < -0.39 is 0 Å². The van der Waals surface area contributed by atoms with Crippen LogP contribution in [0.15, 0.2) is 36.5 Å². The standard InChI is InChI=1S/C19H24N4O/c1-2-18-17(10-21-23(18)11-14-6-4-3-5-7-14)19(24)22-12-15-8-20-9-16(15)13-22/h3-7,10,15-16,20H,2,8-9,11-13H2,1H3/t15-,16+. The van der Waals surface area contributed by atoms with Crippen molar-refractivity contribution in [2.75, 3.05) is 26.2 Å². The van der Waals surface area contributed by atoms with E-state index in [9.17, 15) is 4.79 Å². The zero-order chi connectivity index (χ0) is 16.5. The van der Waals surface area contributed by atoms with Crippen LogP contribution in [0.25, 0.3) is 0 Å². The number of likely N-dealkylation sites (tertiary alicyclic amines) is 1. The van der Waals surface area contributed by atoms with Crippen LogP contribution in [0.5, 0.6) is 0 Å². The Morgan fingerprint density at radius 2 is 1.92 bits per heavy atom. The molecule has 5 heteroatoms.